The van der Waals surface area contributed by atoms with Gasteiger partial charge in [-0.15, -0.1) is 5.10 Å². The molecular weight excluding hydrogens is 399 g/mol. The standard InChI is InChI=1S/C22H27FN6O2/c1-4-22(2,3)29-20(24-25-26-29)19(16-8-5-6-9-17(16)23)27-11-13-28(14-12-27)21(30)18-10-7-15-31-18/h5-10,15,19H,4,11-14H2,1-3H3/t19-/m0/s1. The minimum Gasteiger partial charge on any atom is -0.459 e. The SMILES string of the molecule is CCC(C)(C)n1nnnc1[C@H](c1ccccc1F)N1CCN(C(=O)c2ccco2)CC1. The summed E-state index contributed by atoms with van der Waals surface area (Å²) in [6.07, 6.45) is 2.31. The molecule has 0 N–H and O–H groups in total. The van der Waals surface area contributed by atoms with Crippen molar-refractivity contribution in [3.8, 4) is 0 Å². The topological polar surface area (TPSA) is 80.3 Å². The summed E-state index contributed by atoms with van der Waals surface area (Å²) in [6, 6.07) is 9.64. The summed E-state index contributed by atoms with van der Waals surface area (Å²) >= 11 is 0. The third kappa shape index (κ3) is 4.10. The molecule has 0 bridgehead atoms. The molecule has 2 aromatic heterocycles. The second-order valence-corrected chi connectivity index (χ2v) is 8.34. The highest BCUT2D eigenvalue weighted by atomic mass is 19.1. The number of rotatable bonds is 6. The monoisotopic (exact) mass is 426 g/mol. The molecule has 1 atom stereocenters. The summed E-state index contributed by atoms with van der Waals surface area (Å²) in [7, 11) is 0. The Balaban J connectivity index is 1.64. The Morgan fingerprint density at radius 3 is 2.55 bits per heavy atom. The van der Waals surface area contributed by atoms with Crippen molar-refractivity contribution in [2.24, 2.45) is 0 Å². The molecule has 31 heavy (non-hydrogen) atoms. The van der Waals surface area contributed by atoms with Crippen molar-refractivity contribution in [2.45, 2.75) is 38.8 Å². The van der Waals surface area contributed by atoms with Gasteiger partial charge >= 0.3 is 0 Å². The molecule has 0 spiro atoms. The van der Waals surface area contributed by atoms with Gasteiger partial charge in [-0.25, -0.2) is 9.07 Å². The van der Waals surface area contributed by atoms with Crippen molar-refractivity contribution in [3.63, 3.8) is 0 Å². The Kier molecular flexibility index (Phi) is 5.86. The Morgan fingerprint density at radius 2 is 1.90 bits per heavy atom. The lowest BCUT2D eigenvalue weighted by atomic mass is 9.98. The van der Waals surface area contributed by atoms with Crippen LogP contribution in [0.5, 0.6) is 0 Å². The molecular formula is C22H27FN6O2. The maximum Gasteiger partial charge on any atom is 0.289 e. The molecule has 9 heteroatoms. The van der Waals surface area contributed by atoms with E-state index in [1.807, 2.05) is 6.07 Å². The average molecular weight is 426 g/mol. The molecule has 1 amide bonds. The van der Waals surface area contributed by atoms with Crippen molar-refractivity contribution in [1.82, 2.24) is 30.0 Å². The highest BCUT2D eigenvalue weighted by molar-refractivity contribution is 5.91. The number of tetrazole rings is 1. The molecule has 1 aliphatic heterocycles. The number of aromatic nitrogens is 4. The number of hydrogen-bond acceptors (Lipinski definition) is 6. The number of halogens is 1. The van der Waals surface area contributed by atoms with Gasteiger partial charge in [-0.2, -0.15) is 0 Å². The number of piperazine rings is 1. The van der Waals surface area contributed by atoms with E-state index in [2.05, 4.69) is 41.2 Å². The van der Waals surface area contributed by atoms with Gasteiger partial charge in [-0.1, -0.05) is 25.1 Å². The average Bonchev–Trinajstić information content (AvgIpc) is 3.48. The molecule has 1 aliphatic rings. The largest absolute Gasteiger partial charge is 0.459 e. The zero-order valence-electron chi connectivity index (χ0n) is 18.0. The molecule has 0 aliphatic carbocycles. The first-order valence-corrected chi connectivity index (χ1v) is 10.5. The molecule has 0 saturated carbocycles. The van der Waals surface area contributed by atoms with Crippen molar-refractivity contribution >= 4 is 5.91 Å². The van der Waals surface area contributed by atoms with Crippen molar-refractivity contribution in [3.05, 3.63) is 65.6 Å². The zero-order valence-corrected chi connectivity index (χ0v) is 18.0. The minimum atomic E-state index is -0.456. The van der Waals surface area contributed by atoms with E-state index in [0.717, 1.165) is 6.42 Å². The lowest BCUT2D eigenvalue weighted by molar-refractivity contribution is 0.0552. The van der Waals surface area contributed by atoms with Crippen LogP contribution in [-0.4, -0.2) is 62.1 Å². The summed E-state index contributed by atoms with van der Waals surface area (Å²) in [5.41, 5.74) is 0.204. The smallest absolute Gasteiger partial charge is 0.289 e. The van der Waals surface area contributed by atoms with Gasteiger partial charge in [-0.3, -0.25) is 9.69 Å². The second-order valence-electron chi connectivity index (χ2n) is 8.34. The van der Waals surface area contributed by atoms with Crippen LogP contribution in [0.1, 0.15) is 55.2 Å². The molecule has 1 fully saturated rings. The van der Waals surface area contributed by atoms with Gasteiger partial charge in [0.2, 0.25) is 0 Å². The molecule has 0 unspecified atom stereocenters. The van der Waals surface area contributed by atoms with E-state index in [1.54, 1.807) is 33.8 Å². The van der Waals surface area contributed by atoms with Gasteiger partial charge in [0.1, 0.15) is 11.9 Å². The third-order valence-corrected chi connectivity index (χ3v) is 6.08. The Hall–Kier alpha value is -3.07. The second kappa shape index (κ2) is 8.58. The van der Waals surface area contributed by atoms with E-state index in [-0.39, 0.29) is 17.3 Å². The predicted molar refractivity (Wildman–Crippen MR) is 112 cm³/mol. The summed E-state index contributed by atoms with van der Waals surface area (Å²) in [4.78, 5) is 16.5. The number of furan rings is 1. The highest BCUT2D eigenvalue weighted by Crippen LogP contribution is 2.32. The fraction of sp³-hybridized carbons (Fsp3) is 0.455. The first-order valence-electron chi connectivity index (χ1n) is 10.5. The Labute approximate surface area is 180 Å². The van der Waals surface area contributed by atoms with Gasteiger partial charge in [0, 0.05) is 31.7 Å². The fourth-order valence-corrected chi connectivity index (χ4v) is 3.88. The summed E-state index contributed by atoms with van der Waals surface area (Å²) in [5, 5.41) is 12.5. The normalized spacial score (nSPS) is 16.5. The van der Waals surface area contributed by atoms with Crippen molar-refractivity contribution in [2.75, 3.05) is 26.2 Å². The van der Waals surface area contributed by atoms with Crippen LogP contribution in [0.3, 0.4) is 0 Å². The number of hydrogen-bond donors (Lipinski definition) is 0. The van der Waals surface area contributed by atoms with E-state index in [4.69, 9.17) is 4.42 Å². The molecule has 4 rings (SSSR count). The Morgan fingerprint density at radius 1 is 1.16 bits per heavy atom. The number of carbonyl (C=O) groups excluding carboxylic acids is 1. The third-order valence-electron chi connectivity index (χ3n) is 6.08. The predicted octanol–water partition coefficient (Wildman–Crippen LogP) is 3.10. The van der Waals surface area contributed by atoms with Crippen LogP contribution in [0.4, 0.5) is 4.39 Å². The van der Waals surface area contributed by atoms with Crippen LogP contribution in [0.25, 0.3) is 0 Å². The molecule has 1 aromatic carbocycles. The lowest BCUT2D eigenvalue weighted by Gasteiger charge is -2.39. The van der Waals surface area contributed by atoms with E-state index < -0.39 is 6.04 Å². The molecule has 0 radical (unpaired) electrons. The van der Waals surface area contributed by atoms with E-state index >= 15 is 0 Å². The maximum atomic E-state index is 14.9. The summed E-state index contributed by atoms with van der Waals surface area (Å²) in [5.74, 6) is 0.491. The zero-order chi connectivity index (χ0) is 22.0. The van der Waals surface area contributed by atoms with Crippen molar-refractivity contribution < 1.29 is 13.6 Å². The van der Waals surface area contributed by atoms with E-state index in [0.29, 0.717) is 43.3 Å². The molecule has 8 nitrogen and oxygen atoms in total. The highest BCUT2D eigenvalue weighted by Gasteiger charge is 2.36. The van der Waals surface area contributed by atoms with Crippen LogP contribution in [-0.2, 0) is 5.54 Å². The van der Waals surface area contributed by atoms with Crippen LogP contribution in [0, 0.1) is 5.82 Å². The van der Waals surface area contributed by atoms with E-state index in [1.165, 1.54) is 12.3 Å². The van der Waals surface area contributed by atoms with Crippen LogP contribution >= 0.6 is 0 Å². The van der Waals surface area contributed by atoms with Crippen LogP contribution in [0.15, 0.2) is 47.1 Å². The maximum absolute atomic E-state index is 14.9. The van der Waals surface area contributed by atoms with Gasteiger partial charge in [0.15, 0.2) is 11.6 Å². The van der Waals surface area contributed by atoms with Crippen LogP contribution in [0.2, 0.25) is 0 Å². The lowest BCUT2D eigenvalue weighted by Crippen LogP contribution is -2.50. The van der Waals surface area contributed by atoms with Gasteiger partial charge in [0.05, 0.1) is 11.8 Å². The van der Waals surface area contributed by atoms with Crippen molar-refractivity contribution in [1.29, 1.82) is 0 Å². The molecule has 3 heterocycles. The number of benzene rings is 1. The van der Waals surface area contributed by atoms with E-state index in [9.17, 15) is 9.18 Å². The summed E-state index contributed by atoms with van der Waals surface area (Å²) in [6.45, 7) is 8.32. The molecule has 1 saturated heterocycles. The summed E-state index contributed by atoms with van der Waals surface area (Å²) < 4.78 is 22.0. The van der Waals surface area contributed by atoms with Gasteiger partial charge in [-0.05, 0) is 48.9 Å². The fourth-order valence-electron chi connectivity index (χ4n) is 3.88. The Bertz CT molecular complexity index is 1020. The molecule has 3 aromatic rings. The van der Waals surface area contributed by atoms with Crippen LogP contribution < -0.4 is 0 Å². The quantitative estimate of drug-likeness (QED) is 0.603. The minimum absolute atomic E-state index is 0.135. The number of amides is 1. The number of nitrogens with zero attached hydrogens (tertiary/aromatic N) is 6. The first-order chi connectivity index (χ1) is 14.9. The molecule has 164 valence electrons. The van der Waals surface area contributed by atoms with Gasteiger partial charge in [0.25, 0.3) is 5.91 Å². The van der Waals surface area contributed by atoms with Gasteiger partial charge < -0.3 is 9.32 Å². The first kappa shape index (κ1) is 21.2. The number of carbonyl (C=O) groups is 1.